The molecule has 0 bridgehead atoms. The smallest absolute Gasteiger partial charge is 0.255 e. The highest BCUT2D eigenvalue weighted by Gasteiger charge is 2.47. The lowest BCUT2D eigenvalue weighted by Crippen LogP contribution is -2.49. The maximum Gasteiger partial charge on any atom is 0.255 e. The van der Waals surface area contributed by atoms with Gasteiger partial charge in [-0.2, -0.15) is 0 Å². The van der Waals surface area contributed by atoms with Gasteiger partial charge in [0.15, 0.2) is 0 Å². The number of likely N-dealkylation sites (tertiary alicyclic amines) is 1. The molecule has 1 saturated heterocycles. The van der Waals surface area contributed by atoms with Crippen molar-refractivity contribution in [2.24, 2.45) is 0 Å². The quantitative estimate of drug-likeness (QED) is 0.546. The Labute approximate surface area is 219 Å². The maximum atomic E-state index is 14.1. The number of rotatable bonds is 8. The van der Waals surface area contributed by atoms with Crippen molar-refractivity contribution in [1.29, 1.82) is 0 Å². The molecule has 4 rings (SSSR count). The van der Waals surface area contributed by atoms with Crippen molar-refractivity contribution in [1.82, 2.24) is 24.9 Å². The van der Waals surface area contributed by atoms with Crippen LogP contribution in [0.1, 0.15) is 50.4 Å². The second-order valence-corrected chi connectivity index (χ2v) is 9.74. The minimum atomic E-state index is -0.777. The Morgan fingerprint density at radius 3 is 2.62 bits per heavy atom. The molecule has 2 aliphatic rings. The van der Waals surface area contributed by atoms with Crippen LogP contribution >= 0.6 is 0 Å². The molecular formula is C29H38N6O2. The van der Waals surface area contributed by atoms with Gasteiger partial charge >= 0.3 is 0 Å². The number of anilines is 1. The third kappa shape index (κ3) is 5.11. The van der Waals surface area contributed by atoms with Gasteiger partial charge in [0.1, 0.15) is 18.4 Å². The van der Waals surface area contributed by atoms with Crippen LogP contribution in [0.15, 0.2) is 67.2 Å². The monoisotopic (exact) mass is 502 g/mol. The van der Waals surface area contributed by atoms with Gasteiger partial charge in [0, 0.05) is 55.1 Å². The molecule has 1 atom stereocenters. The van der Waals surface area contributed by atoms with Gasteiger partial charge in [-0.05, 0) is 38.8 Å². The Hall–Kier alpha value is -3.65. The minimum absolute atomic E-state index is 0.0735. The average Bonchev–Trinajstić information content (AvgIpc) is 3.42. The summed E-state index contributed by atoms with van der Waals surface area (Å²) < 4.78 is 1.80. The summed E-state index contributed by atoms with van der Waals surface area (Å²) in [6.07, 6.45) is 10.7. The summed E-state index contributed by atoms with van der Waals surface area (Å²) in [6, 6.07) is 6.98. The number of hydrogen-bond acceptors (Lipinski definition) is 5. The SMILES string of the molecule is C=C(c1cccc(N(C(=O)Cn2ccnc2C)C2C(=O)N(C3CCCCC3)C(=C)/C2=C\C)c1)N(C)NC. The van der Waals surface area contributed by atoms with E-state index in [0.717, 1.165) is 48.3 Å². The molecule has 2 fully saturated rings. The number of hydrogen-bond donors (Lipinski definition) is 1. The molecule has 0 spiro atoms. The lowest BCUT2D eigenvalue weighted by atomic mass is 9.94. The van der Waals surface area contributed by atoms with Gasteiger partial charge < -0.3 is 14.5 Å². The van der Waals surface area contributed by atoms with Crippen LogP contribution in [-0.2, 0) is 16.1 Å². The molecule has 1 unspecified atom stereocenters. The predicted octanol–water partition coefficient (Wildman–Crippen LogP) is 4.27. The molecule has 1 aromatic carbocycles. The highest BCUT2D eigenvalue weighted by Crippen LogP contribution is 2.39. The van der Waals surface area contributed by atoms with E-state index >= 15 is 0 Å². The van der Waals surface area contributed by atoms with Crippen LogP contribution in [0, 0.1) is 6.92 Å². The van der Waals surface area contributed by atoms with Crippen molar-refractivity contribution < 1.29 is 9.59 Å². The summed E-state index contributed by atoms with van der Waals surface area (Å²) in [6.45, 7) is 12.4. The molecule has 8 nitrogen and oxygen atoms in total. The molecule has 196 valence electrons. The summed E-state index contributed by atoms with van der Waals surface area (Å²) in [7, 11) is 3.70. The Bertz CT molecular complexity index is 1220. The van der Waals surface area contributed by atoms with Crippen molar-refractivity contribution in [3.8, 4) is 0 Å². The number of aromatic nitrogens is 2. The molecular weight excluding hydrogens is 464 g/mol. The highest BCUT2D eigenvalue weighted by atomic mass is 16.2. The molecule has 8 heteroatoms. The number of nitrogens with one attached hydrogen (secondary N) is 1. The number of allylic oxidation sites excluding steroid dienone is 1. The molecule has 37 heavy (non-hydrogen) atoms. The number of nitrogens with zero attached hydrogens (tertiary/aromatic N) is 5. The van der Waals surface area contributed by atoms with E-state index in [0.29, 0.717) is 11.4 Å². The lowest BCUT2D eigenvalue weighted by molar-refractivity contribution is -0.132. The van der Waals surface area contributed by atoms with E-state index in [1.54, 1.807) is 21.9 Å². The predicted molar refractivity (Wildman–Crippen MR) is 147 cm³/mol. The Morgan fingerprint density at radius 2 is 2.00 bits per heavy atom. The third-order valence-electron chi connectivity index (χ3n) is 7.59. The number of carbonyl (C=O) groups is 2. The van der Waals surface area contributed by atoms with Gasteiger partial charge in [-0.25, -0.2) is 10.4 Å². The number of hydrazine groups is 1. The molecule has 0 radical (unpaired) electrons. The normalized spacial score (nSPS) is 19.5. The van der Waals surface area contributed by atoms with Crippen molar-refractivity contribution in [2.75, 3.05) is 19.0 Å². The Balaban J connectivity index is 1.78. The van der Waals surface area contributed by atoms with Crippen LogP contribution in [0.2, 0.25) is 0 Å². The Morgan fingerprint density at radius 1 is 1.27 bits per heavy atom. The van der Waals surface area contributed by atoms with Crippen molar-refractivity contribution in [3.05, 3.63) is 78.6 Å². The standard InChI is InChI=1S/C29H38N6O2/c1-7-26-21(3)34(24-13-9-8-10-14-24)29(37)28(26)35(27(36)19-33-17-16-31-22(33)4)25-15-11-12-23(18-25)20(2)32(6)30-5/h7,11-12,15-18,24,28,30H,2-3,8-10,13-14,19H2,1,4-6H3/b26-7+. The first-order valence-electron chi connectivity index (χ1n) is 13.0. The number of aryl methyl sites for hydroxylation is 1. The molecule has 2 amide bonds. The third-order valence-corrected chi connectivity index (χ3v) is 7.59. The fourth-order valence-electron chi connectivity index (χ4n) is 5.40. The van der Waals surface area contributed by atoms with Crippen LogP contribution in [0.3, 0.4) is 0 Å². The zero-order chi connectivity index (χ0) is 26.7. The van der Waals surface area contributed by atoms with Crippen molar-refractivity contribution in [2.45, 2.75) is 64.6 Å². The van der Waals surface area contributed by atoms with E-state index in [4.69, 9.17) is 0 Å². The van der Waals surface area contributed by atoms with Gasteiger partial charge in [-0.1, -0.05) is 50.6 Å². The summed E-state index contributed by atoms with van der Waals surface area (Å²) in [4.78, 5) is 35.9. The van der Waals surface area contributed by atoms with Crippen LogP contribution in [0.5, 0.6) is 0 Å². The van der Waals surface area contributed by atoms with Crippen molar-refractivity contribution >= 4 is 23.2 Å². The number of amides is 2. The molecule has 1 aliphatic heterocycles. The number of benzene rings is 1. The van der Waals surface area contributed by atoms with E-state index in [-0.39, 0.29) is 24.4 Å². The van der Waals surface area contributed by atoms with E-state index in [1.807, 2.05) is 68.2 Å². The molecule has 1 N–H and O–H groups in total. The summed E-state index contributed by atoms with van der Waals surface area (Å²) in [5.74, 6) is 0.461. The summed E-state index contributed by atoms with van der Waals surface area (Å²) in [5.41, 5.74) is 6.78. The first-order valence-corrected chi connectivity index (χ1v) is 13.0. The highest BCUT2D eigenvalue weighted by molar-refractivity contribution is 6.06. The summed E-state index contributed by atoms with van der Waals surface area (Å²) in [5, 5.41) is 1.81. The molecule has 1 aromatic heterocycles. The molecule has 2 heterocycles. The number of imidazole rings is 1. The minimum Gasteiger partial charge on any atom is -0.326 e. The molecule has 1 saturated carbocycles. The van der Waals surface area contributed by atoms with Gasteiger partial charge in [-0.15, -0.1) is 0 Å². The first-order chi connectivity index (χ1) is 17.8. The topological polar surface area (TPSA) is 73.7 Å². The first kappa shape index (κ1) is 26.4. The van der Waals surface area contributed by atoms with Crippen molar-refractivity contribution in [3.63, 3.8) is 0 Å². The van der Waals surface area contributed by atoms with E-state index in [1.165, 1.54) is 6.42 Å². The number of carbonyl (C=O) groups excluding carboxylic acids is 2. The van der Waals surface area contributed by atoms with E-state index in [9.17, 15) is 9.59 Å². The van der Waals surface area contributed by atoms with Gasteiger partial charge in [0.05, 0.1) is 5.70 Å². The van der Waals surface area contributed by atoms with Crippen LogP contribution in [0.25, 0.3) is 5.70 Å². The van der Waals surface area contributed by atoms with Crippen LogP contribution in [-0.4, -0.2) is 57.5 Å². The second kappa shape index (κ2) is 11.2. The van der Waals surface area contributed by atoms with Crippen LogP contribution < -0.4 is 10.3 Å². The average molecular weight is 503 g/mol. The second-order valence-electron chi connectivity index (χ2n) is 9.74. The maximum absolute atomic E-state index is 14.1. The van der Waals surface area contributed by atoms with E-state index < -0.39 is 6.04 Å². The lowest BCUT2D eigenvalue weighted by Gasteiger charge is -2.33. The molecule has 2 aromatic rings. The molecule has 1 aliphatic carbocycles. The fourth-order valence-corrected chi connectivity index (χ4v) is 5.40. The Kier molecular flexibility index (Phi) is 7.97. The summed E-state index contributed by atoms with van der Waals surface area (Å²) >= 11 is 0. The van der Waals surface area contributed by atoms with Gasteiger partial charge in [0.2, 0.25) is 5.91 Å². The largest absolute Gasteiger partial charge is 0.326 e. The van der Waals surface area contributed by atoms with Crippen LogP contribution in [0.4, 0.5) is 5.69 Å². The zero-order valence-electron chi connectivity index (χ0n) is 22.4. The zero-order valence-corrected chi connectivity index (χ0v) is 22.4. The van der Waals surface area contributed by atoms with E-state index in [2.05, 4.69) is 23.6 Å². The van der Waals surface area contributed by atoms with Gasteiger partial charge in [-0.3, -0.25) is 14.5 Å². The fraction of sp³-hybridized carbons (Fsp3) is 0.414. The van der Waals surface area contributed by atoms with Gasteiger partial charge in [0.25, 0.3) is 5.91 Å².